The average Bonchev–Trinajstić information content (AvgIpc) is 3.16. The van der Waals surface area contributed by atoms with Crippen LogP contribution in [0, 0.1) is 5.41 Å². The standard InChI is InChI=1S/C15H17NO3/c1-14(2)8-18-12-4-3-11(7-13(12)19-9-14)15(5-6-15)16-10-17/h3-4,7H,5-6,8-9H2,1-2H3. The van der Waals surface area contributed by atoms with E-state index in [4.69, 9.17) is 9.47 Å². The Morgan fingerprint density at radius 2 is 1.84 bits per heavy atom. The number of aliphatic imine (C=N–C) groups is 1. The third-order valence-corrected chi connectivity index (χ3v) is 3.70. The molecular formula is C15H17NO3. The number of fused-ring (bicyclic) bond motifs is 1. The zero-order valence-corrected chi connectivity index (χ0v) is 11.2. The summed E-state index contributed by atoms with van der Waals surface area (Å²) in [6.45, 7) is 5.47. The molecule has 1 aromatic carbocycles. The summed E-state index contributed by atoms with van der Waals surface area (Å²) >= 11 is 0. The molecule has 100 valence electrons. The monoisotopic (exact) mass is 259 g/mol. The van der Waals surface area contributed by atoms with Gasteiger partial charge >= 0.3 is 0 Å². The Hall–Kier alpha value is -1.80. The molecule has 0 saturated heterocycles. The Bertz CT molecular complexity index is 555. The van der Waals surface area contributed by atoms with Crippen molar-refractivity contribution in [2.45, 2.75) is 32.2 Å². The van der Waals surface area contributed by atoms with Crippen molar-refractivity contribution >= 4 is 6.08 Å². The highest BCUT2D eigenvalue weighted by molar-refractivity contribution is 5.49. The third-order valence-electron chi connectivity index (χ3n) is 3.70. The van der Waals surface area contributed by atoms with Gasteiger partial charge in [-0.25, -0.2) is 4.79 Å². The summed E-state index contributed by atoms with van der Waals surface area (Å²) in [6, 6.07) is 5.82. The van der Waals surface area contributed by atoms with E-state index < -0.39 is 0 Å². The van der Waals surface area contributed by atoms with Crippen molar-refractivity contribution in [3.63, 3.8) is 0 Å². The lowest BCUT2D eigenvalue weighted by atomic mass is 9.97. The maximum Gasteiger partial charge on any atom is 0.235 e. The first-order valence-electron chi connectivity index (χ1n) is 6.54. The Morgan fingerprint density at radius 3 is 2.47 bits per heavy atom. The molecule has 2 aliphatic rings. The van der Waals surface area contributed by atoms with Gasteiger partial charge in [-0.2, -0.15) is 4.99 Å². The van der Waals surface area contributed by atoms with Gasteiger partial charge in [0.2, 0.25) is 6.08 Å². The summed E-state index contributed by atoms with van der Waals surface area (Å²) in [5.41, 5.74) is 0.650. The highest BCUT2D eigenvalue weighted by Crippen LogP contribution is 2.51. The summed E-state index contributed by atoms with van der Waals surface area (Å²) < 4.78 is 11.6. The number of ether oxygens (including phenoxy) is 2. The molecule has 0 aromatic heterocycles. The number of nitrogens with zero attached hydrogens (tertiary/aromatic N) is 1. The zero-order chi connectivity index (χ0) is 13.5. The molecule has 19 heavy (non-hydrogen) atoms. The van der Waals surface area contributed by atoms with Crippen LogP contribution >= 0.6 is 0 Å². The van der Waals surface area contributed by atoms with Crippen molar-refractivity contribution < 1.29 is 14.3 Å². The number of carbonyl (C=O) groups excluding carboxylic acids is 1. The van der Waals surface area contributed by atoms with Crippen LogP contribution < -0.4 is 9.47 Å². The van der Waals surface area contributed by atoms with Gasteiger partial charge in [-0.1, -0.05) is 19.9 Å². The van der Waals surface area contributed by atoms with Crippen LogP contribution in [0.25, 0.3) is 0 Å². The van der Waals surface area contributed by atoms with Crippen molar-refractivity contribution in [3.8, 4) is 11.5 Å². The summed E-state index contributed by atoms with van der Waals surface area (Å²) in [6.07, 6.45) is 3.47. The fraction of sp³-hybridized carbons (Fsp3) is 0.533. The Kier molecular flexibility index (Phi) is 2.64. The molecular weight excluding hydrogens is 242 g/mol. The number of isocyanates is 1. The lowest BCUT2D eigenvalue weighted by Gasteiger charge is -2.19. The van der Waals surface area contributed by atoms with Gasteiger partial charge in [0.05, 0.1) is 18.8 Å². The Labute approximate surface area is 112 Å². The summed E-state index contributed by atoms with van der Waals surface area (Å²) in [5, 5.41) is 0. The van der Waals surface area contributed by atoms with Gasteiger partial charge < -0.3 is 9.47 Å². The lowest BCUT2D eigenvalue weighted by Crippen LogP contribution is -2.26. The van der Waals surface area contributed by atoms with E-state index in [-0.39, 0.29) is 11.0 Å². The molecule has 0 amide bonds. The topological polar surface area (TPSA) is 47.9 Å². The Morgan fingerprint density at radius 1 is 1.16 bits per heavy atom. The summed E-state index contributed by atoms with van der Waals surface area (Å²) in [4.78, 5) is 14.5. The largest absolute Gasteiger partial charge is 0.489 e. The average molecular weight is 259 g/mol. The fourth-order valence-corrected chi connectivity index (χ4v) is 2.29. The predicted molar refractivity (Wildman–Crippen MR) is 70.2 cm³/mol. The molecule has 1 fully saturated rings. The van der Waals surface area contributed by atoms with Crippen molar-refractivity contribution in [2.24, 2.45) is 10.4 Å². The fourth-order valence-electron chi connectivity index (χ4n) is 2.29. The molecule has 0 atom stereocenters. The quantitative estimate of drug-likeness (QED) is 0.606. The van der Waals surface area contributed by atoms with E-state index in [1.165, 1.54) is 0 Å². The molecule has 1 heterocycles. The molecule has 0 N–H and O–H groups in total. The maximum absolute atomic E-state index is 10.5. The highest BCUT2D eigenvalue weighted by Gasteiger charge is 2.45. The minimum atomic E-state index is -0.359. The first-order chi connectivity index (χ1) is 9.05. The minimum Gasteiger partial charge on any atom is -0.489 e. The molecule has 4 nitrogen and oxygen atoms in total. The lowest BCUT2D eigenvalue weighted by molar-refractivity contribution is 0.140. The Balaban J connectivity index is 1.93. The maximum atomic E-state index is 10.5. The van der Waals surface area contributed by atoms with Gasteiger partial charge in [0.15, 0.2) is 11.5 Å². The smallest absolute Gasteiger partial charge is 0.235 e. The molecule has 1 aromatic rings. The van der Waals surface area contributed by atoms with E-state index in [1.807, 2.05) is 18.2 Å². The number of hydrogen-bond acceptors (Lipinski definition) is 4. The normalized spacial score (nSPS) is 22.0. The third kappa shape index (κ3) is 2.24. The van der Waals surface area contributed by atoms with Crippen LogP contribution in [0.3, 0.4) is 0 Å². The van der Waals surface area contributed by atoms with E-state index in [0.717, 1.165) is 29.9 Å². The van der Waals surface area contributed by atoms with Gasteiger partial charge in [-0.15, -0.1) is 0 Å². The second kappa shape index (κ2) is 4.10. The molecule has 0 unspecified atom stereocenters. The van der Waals surface area contributed by atoms with Crippen molar-refractivity contribution in [1.82, 2.24) is 0 Å². The molecule has 4 heteroatoms. The highest BCUT2D eigenvalue weighted by atomic mass is 16.5. The van der Waals surface area contributed by atoms with Crippen LogP contribution in [-0.4, -0.2) is 19.3 Å². The van der Waals surface area contributed by atoms with E-state index in [1.54, 1.807) is 6.08 Å². The van der Waals surface area contributed by atoms with Crippen LogP contribution in [0.15, 0.2) is 23.2 Å². The molecule has 1 aliphatic heterocycles. The molecule has 0 bridgehead atoms. The van der Waals surface area contributed by atoms with Gasteiger partial charge in [0.1, 0.15) is 0 Å². The van der Waals surface area contributed by atoms with Crippen LogP contribution in [-0.2, 0) is 10.3 Å². The number of benzene rings is 1. The molecule has 0 radical (unpaired) electrons. The zero-order valence-electron chi connectivity index (χ0n) is 11.2. The minimum absolute atomic E-state index is 0.00258. The second-order valence-corrected chi connectivity index (χ2v) is 6.14. The van der Waals surface area contributed by atoms with E-state index in [9.17, 15) is 4.79 Å². The van der Waals surface area contributed by atoms with Crippen molar-refractivity contribution in [2.75, 3.05) is 13.2 Å². The van der Waals surface area contributed by atoms with Crippen LogP contribution in [0.4, 0.5) is 0 Å². The van der Waals surface area contributed by atoms with Crippen molar-refractivity contribution in [3.05, 3.63) is 23.8 Å². The second-order valence-electron chi connectivity index (χ2n) is 6.14. The summed E-state index contributed by atoms with van der Waals surface area (Å²) in [7, 11) is 0. The molecule has 1 aliphatic carbocycles. The summed E-state index contributed by atoms with van der Waals surface area (Å²) in [5.74, 6) is 1.51. The number of rotatable bonds is 2. The SMILES string of the molecule is CC1(C)COc2ccc(C3(N=C=O)CC3)cc2OC1. The molecule has 0 spiro atoms. The first kappa shape index (κ1) is 12.2. The first-order valence-corrected chi connectivity index (χ1v) is 6.54. The van der Waals surface area contributed by atoms with E-state index >= 15 is 0 Å². The van der Waals surface area contributed by atoms with Crippen LogP contribution in [0.5, 0.6) is 11.5 Å². The van der Waals surface area contributed by atoms with E-state index in [0.29, 0.717) is 13.2 Å². The van der Waals surface area contributed by atoms with Crippen LogP contribution in [0.2, 0.25) is 0 Å². The van der Waals surface area contributed by atoms with Crippen molar-refractivity contribution in [1.29, 1.82) is 0 Å². The van der Waals surface area contributed by atoms with E-state index in [2.05, 4.69) is 18.8 Å². The van der Waals surface area contributed by atoms with Gasteiger partial charge in [0.25, 0.3) is 0 Å². The predicted octanol–water partition coefficient (Wildman–Crippen LogP) is 2.81. The number of hydrogen-bond donors (Lipinski definition) is 0. The molecule has 1 saturated carbocycles. The van der Waals surface area contributed by atoms with Crippen LogP contribution in [0.1, 0.15) is 32.3 Å². The van der Waals surface area contributed by atoms with Gasteiger partial charge in [-0.05, 0) is 30.5 Å². The van der Waals surface area contributed by atoms with Gasteiger partial charge in [0, 0.05) is 5.41 Å². The molecule has 3 rings (SSSR count). The van der Waals surface area contributed by atoms with Gasteiger partial charge in [-0.3, -0.25) is 0 Å².